The van der Waals surface area contributed by atoms with Crippen molar-refractivity contribution in [1.29, 1.82) is 0 Å². The lowest BCUT2D eigenvalue weighted by Gasteiger charge is -2.21. The van der Waals surface area contributed by atoms with Gasteiger partial charge < -0.3 is 9.88 Å². The summed E-state index contributed by atoms with van der Waals surface area (Å²) in [6.07, 6.45) is 4.91. The molecule has 0 bridgehead atoms. The van der Waals surface area contributed by atoms with Crippen LogP contribution < -0.4 is 5.32 Å². The quantitative estimate of drug-likeness (QED) is 0.857. The summed E-state index contributed by atoms with van der Waals surface area (Å²) in [6.45, 7) is 2.10. The maximum absolute atomic E-state index is 12.5. The number of hydrogen-bond acceptors (Lipinski definition) is 2. The number of nitrogens with zero attached hydrogens (tertiary/aromatic N) is 1. The minimum Gasteiger partial charge on any atom is -0.350 e. The van der Waals surface area contributed by atoms with Gasteiger partial charge in [-0.15, -0.1) is 0 Å². The molecule has 0 saturated carbocycles. The molecular formula is C16H20N2O. The Kier molecular flexibility index (Phi) is 3.38. The van der Waals surface area contributed by atoms with Crippen LogP contribution in [0.4, 0.5) is 0 Å². The van der Waals surface area contributed by atoms with E-state index in [9.17, 15) is 4.79 Å². The van der Waals surface area contributed by atoms with Crippen LogP contribution in [0.5, 0.6) is 0 Å². The van der Waals surface area contributed by atoms with E-state index in [0.717, 1.165) is 42.4 Å². The van der Waals surface area contributed by atoms with Crippen LogP contribution in [-0.4, -0.2) is 23.4 Å². The monoisotopic (exact) mass is 256 g/mol. The lowest BCUT2D eigenvalue weighted by Crippen LogP contribution is -2.28. The fraction of sp³-hybridized carbons (Fsp3) is 0.438. The van der Waals surface area contributed by atoms with Gasteiger partial charge in [0, 0.05) is 36.1 Å². The molecule has 100 valence electrons. The number of Topliss-reactive ketones (excluding diaryl/α,β-unsaturated/α-hetero) is 1. The molecule has 0 amide bonds. The second-order valence-corrected chi connectivity index (χ2v) is 5.49. The van der Waals surface area contributed by atoms with Crippen LogP contribution in [0.25, 0.3) is 10.9 Å². The highest BCUT2D eigenvalue weighted by Crippen LogP contribution is 2.25. The number of benzene rings is 1. The van der Waals surface area contributed by atoms with Crippen LogP contribution in [0.1, 0.15) is 29.6 Å². The summed E-state index contributed by atoms with van der Waals surface area (Å²) in [5.74, 6) is 0.844. The average molecular weight is 256 g/mol. The standard InChI is InChI=1S/C16H20N2O/c1-18-11-14(13-4-2-3-5-15(13)18)16(19)10-12-6-8-17-9-7-12/h2-5,11-12,17H,6-10H2,1H3. The average Bonchev–Trinajstić information content (AvgIpc) is 2.78. The van der Waals surface area contributed by atoms with Gasteiger partial charge in [0.2, 0.25) is 0 Å². The molecule has 1 aliphatic rings. The van der Waals surface area contributed by atoms with Gasteiger partial charge in [0.05, 0.1) is 0 Å². The Bertz CT molecular complexity index is 594. The van der Waals surface area contributed by atoms with Crippen molar-refractivity contribution in [2.45, 2.75) is 19.3 Å². The van der Waals surface area contributed by atoms with Gasteiger partial charge >= 0.3 is 0 Å². The van der Waals surface area contributed by atoms with E-state index >= 15 is 0 Å². The van der Waals surface area contributed by atoms with Crippen molar-refractivity contribution in [1.82, 2.24) is 9.88 Å². The van der Waals surface area contributed by atoms with Gasteiger partial charge in [-0.2, -0.15) is 0 Å². The van der Waals surface area contributed by atoms with E-state index in [4.69, 9.17) is 0 Å². The molecule has 3 rings (SSSR count). The number of nitrogens with one attached hydrogen (secondary N) is 1. The molecule has 0 atom stereocenters. The number of ketones is 1. The van der Waals surface area contributed by atoms with Gasteiger partial charge in [-0.25, -0.2) is 0 Å². The molecule has 0 aliphatic carbocycles. The minimum absolute atomic E-state index is 0.295. The number of carbonyl (C=O) groups is 1. The number of rotatable bonds is 3. The molecule has 0 spiro atoms. The molecular weight excluding hydrogens is 236 g/mol. The maximum Gasteiger partial charge on any atom is 0.165 e. The van der Waals surface area contributed by atoms with Crippen LogP contribution in [-0.2, 0) is 7.05 Å². The van der Waals surface area contributed by atoms with E-state index in [1.54, 1.807) is 0 Å². The van der Waals surface area contributed by atoms with Crippen molar-refractivity contribution >= 4 is 16.7 Å². The number of aromatic nitrogens is 1. The first kappa shape index (κ1) is 12.4. The van der Waals surface area contributed by atoms with Gasteiger partial charge in [0.15, 0.2) is 5.78 Å². The Morgan fingerprint density at radius 2 is 2.05 bits per heavy atom. The summed E-state index contributed by atoms with van der Waals surface area (Å²) < 4.78 is 2.05. The number of carbonyl (C=O) groups excluding carboxylic acids is 1. The SMILES string of the molecule is Cn1cc(C(=O)CC2CCNCC2)c2ccccc21. The molecule has 2 heterocycles. The van der Waals surface area contributed by atoms with Gasteiger partial charge in [0.1, 0.15) is 0 Å². The Morgan fingerprint density at radius 1 is 1.32 bits per heavy atom. The Morgan fingerprint density at radius 3 is 2.84 bits per heavy atom. The summed E-state index contributed by atoms with van der Waals surface area (Å²) in [4.78, 5) is 12.5. The second-order valence-electron chi connectivity index (χ2n) is 5.49. The van der Waals surface area contributed by atoms with Crippen LogP contribution in [0.2, 0.25) is 0 Å². The van der Waals surface area contributed by atoms with Crippen molar-refractivity contribution in [2.75, 3.05) is 13.1 Å². The molecule has 2 aromatic rings. The Balaban J connectivity index is 1.85. The molecule has 1 aromatic heterocycles. The molecule has 1 saturated heterocycles. The molecule has 0 radical (unpaired) electrons. The summed E-state index contributed by atoms with van der Waals surface area (Å²) in [5.41, 5.74) is 2.02. The summed E-state index contributed by atoms with van der Waals surface area (Å²) >= 11 is 0. The summed E-state index contributed by atoms with van der Waals surface area (Å²) in [5, 5.41) is 4.43. The van der Waals surface area contributed by atoms with Gasteiger partial charge in [0.25, 0.3) is 0 Å². The van der Waals surface area contributed by atoms with Gasteiger partial charge in [-0.1, -0.05) is 18.2 Å². The third kappa shape index (κ3) is 2.43. The Hall–Kier alpha value is -1.61. The second kappa shape index (κ2) is 5.17. The van der Waals surface area contributed by atoms with Gasteiger partial charge in [-0.3, -0.25) is 4.79 Å². The van der Waals surface area contributed by atoms with Crippen LogP contribution in [0.3, 0.4) is 0 Å². The van der Waals surface area contributed by atoms with Crippen molar-refractivity contribution in [2.24, 2.45) is 13.0 Å². The molecule has 1 aromatic carbocycles. The van der Waals surface area contributed by atoms with E-state index in [1.165, 1.54) is 0 Å². The highest BCUT2D eigenvalue weighted by molar-refractivity contribution is 6.08. The lowest BCUT2D eigenvalue weighted by atomic mass is 9.90. The van der Waals surface area contributed by atoms with E-state index in [2.05, 4.69) is 11.4 Å². The van der Waals surface area contributed by atoms with Gasteiger partial charge in [-0.05, 0) is 37.9 Å². The molecule has 1 fully saturated rings. The number of hydrogen-bond donors (Lipinski definition) is 1. The summed E-state index contributed by atoms with van der Waals surface area (Å²) in [6, 6.07) is 8.13. The molecule has 19 heavy (non-hydrogen) atoms. The normalized spacial score (nSPS) is 16.9. The zero-order valence-corrected chi connectivity index (χ0v) is 11.4. The number of fused-ring (bicyclic) bond motifs is 1. The molecule has 3 nitrogen and oxygen atoms in total. The first-order chi connectivity index (χ1) is 9.25. The zero-order valence-electron chi connectivity index (χ0n) is 11.4. The molecule has 0 unspecified atom stereocenters. The van der Waals surface area contributed by atoms with Crippen molar-refractivity contribution in [3.05, 3.63) is 36.0 Å². The van der Waals surface area contributed by atoms with Crippen molar-refractivity contribution < 1.29 is 4.79 Å². The highest BCUT2D eigenvalue weighted by Gasteiger charge is 2.20. The molecule has 1 N–H and O–H groups in total. The largest absolute Gasteiger partial charge is 0.350 e. The third-order valence-electron chi connectivity index (χ3n) is 4.13. The number of piperidine rings is 1. The maximum atomic E-state index is 12.5. The lowest BCUT2D eigenvalue weighted by molar-refractivity contribution is 0.0954. The van der Waals surface area contributed by atoms with E-state index in [0.29, 0.717) is 18.1 Å². The predicted octanol–water partition coefficient (Wildman–Crippen LogP) is 2.75. The summed E-state index contributed by atoms with van der Waals surface area (Å²) in [7, 11) is 2.00. The van der Waals surface area contributed by atoms with E-state index in [1.807, 2.05) is 36.0 Å². The van der Waals surface area contributed by atoms with Crippen LogP contribution in [0.15, 0.2) is 30.5 Å². The number of aryl methyl sites for hydroxylation is 1. The minimum atomic E-state index is 0.295. The van der Waals surface area contributed by atoms with Crippen molar-refractivity contribution in [3.63, 3.8) is 0 Å². The van der Waals surface area contributed by atoms with Crippen LogP contribution >= 0.6 is 0 Å². The highest BCUT2D eigenvalue weighted by atomic mass is 16.1. The Labute approximate surface area is 113 Å². The fourth-order valence-corrected chi connectivity index (χ4v) is 3.02. The first-order valence-corrected chi connectivity index (χ1v) is 7.03. The molecule has 3 heteroatoms. The first-order valence-electron chi connectivity index (χ1n) is 7.03. The van der Waals surface area contributed by atoms with Crippen molar-refractivity contribution in [3.8, 4) is 0 Å². The molecule has 1 aliphatic heterocycles. The topological polar surface area (TPSA) is 34.0 Å². The van der Waals surface area contributed by atoms with E-state index < -0.39 is 0 Å². The smallest absolute Gasteiger partial charge is 0.165 e. The zero-order chi connectivity index (χ0) is 13.2. The predicted molar refractivity (Wildman–Crippen MR) is 77.5 cm³/mol. The third-order valence-corrected chi connectivity index (χ3v) is 4.13. The number of para-hydroxylation sites is 1. The van der Waals surface area contributed by atoms with Crippen LogP contribution in [0, 0.1) is 5.92 Å². The van der Waals surface area contributed by atoms with E-state index in [-0.39, 0.29) is 0 Å². The fourth-order valence-electron chi connectivity index (χ4n) is 3.02.